The van der Waals surface area contributed by atoms with Gasteiger partial charge in [-0.05, 0) is 66.2 Å². The Hall–Kier alpha value is -4.26. The molecule has 0 bridgehead atoms. The Morgan fingerprint density at radius 1 is 1.21 bits per heavy atom. The average Bonchev–Trinajstić information content (AvgIpc) is 3.23. The van der Waals surface area contributed by atoms with Gasteiger partial charge < -0.3 is 20.5 Å². The molecule has 1 saturated carbocycles. The molecule has 220 valence electrons. The topological polar surface area (TPSA) is 144 Å². The second kappa shape index (κ2) is 10.5. The van der Waals surface area contributed by atoms with E-state index in [1.54, 1.807) is 23.2 Å². The highest BCUT2D eigenvalue weighted by Crippen LogP contribution is 2.65. The van der Waals surface area contributed by atoms with Crippen LogP contribution in [-0.2, 0) is 16.0 Å². The maximum absolute atomic E-state index is 14.1. The minimum atomic E-state index is -0.934. The molecule has 2 aliphatic rings. The summed E-state index contributed by atoms with van der Waals surface area (Å²) in [5, 5.41) is 16.9. The first-order valence-corrected chi connectivity index (χ1v) is 14.4. The maximum atomic E-state index is 14.1. The molecule has 0 radical (unpaired) electrons. The number of pyridine rings is 1. The molecular formula is C32H39N7O3. The molecule has 42 heavy (non-hydrogen) atoms. The predicted octanol–water partition coefficient (Wildman–Crippen LogP) is 3.50. The summed E-state index contributed by atoms with van der Waals surface area (Å²) in [4.78, 5) is 54.0. The molecule has 0 unspecified atom stereocenters. The third-order valence-electron chi connectivity index (χ3n) is 8.91. The van der Waals surface area contributed by atoms with Crippen molar-refractivity contribution in [2.24, 2.45) is 22.7 Å². The number of carbonyl (C=O) groups is 2. The van der Waals surface area contributed by atoms with Crippen LogP contribution in [-0.4, -0.2) is 56.3 Å². The molecule has 2 amide bonds. The number of piperidine rings is 1. The number of anilines is 1. The molecule has 0 spiro atoms. The Labute approximate surface area is 245 Å². The highest BCUT2D eigenvalue weighted by molar-refractivity contribution is 5.93. The van der Waals surface area contributed by atoms with E-state index >= 15 is 0 Å². The molecule has 10 nitrogen and oxygen atoms in total. The van der Waals surface area contributed by atoms with Crippen molar-refractivity contribution in [2.75, 3.05) is 11.9 Å². The number of aryl methyl sites for hydroxylation is 2. The van der Waals surface area contributed by atoms with E-state index in [0.717, 1.165) is 16.6 Å². The fourth-order valence-corrected chi connectivity index (χ4v) is 6.40. The van der Waals surface area contributed by atoms with Gasteiger partial charge in [-0.2, -0.15) is 5.26 Å². The fraction of sp³-hybridized carbons (Fsp3) is 0.500. The van der Waals surface area contributed by atoms with Crippen LogP contribution < -0.4 is 16.2 Å². The number of nitrogens with one attached hydrogen (secondary N) is 3. The number of H-pyrrole nitrogens is 1. The lowest BCUT2D eigenvalue weighted by Crippen LogP contribution is -2.57. The summed E-state index contributed by atoms with van der Waals surface area (Å²) in [5.74, 6) is -0.0655. The number of benzene rings is 1. The molecule has 1 aliphatic heterocycles. The Morgan fingerprint density at radius 2 is 1.95 bits per heavy atom. The van der Waals surface area contributed by atoms with E-state index in [2.05, 4.69) is 45.5 Å². The molecule has 5 rings (SSSR count). The molecule has 3 heterocycles. The number of carbonyl (C=O) groups excluding carboxylic acids is 2. The molecule has 1 aromatic carbocycles. The number of hydrogen-bond donors (Lipinski definition) is 3. The van der Waals surface area contributed by atoms with Gasteiger partial charge in [-0.1, -0.05) is 46.2 Å². The van der Waals surface area contributed by atoms with Crippen molar-refractivity contribution in [1.82, 2.24) is 25.2 Å². The second-order valence-corrected chi connectivity index (χ2v) is 13.5. The first kappa shape index (κ1) is 29.2. The van der Waals surface area contributed by atoms with E-state index < -0.39 is 23.5 Å². The van der Waals surface area contributed by atoms with Gasteiger partial charge in [0.05, 0.1) is 6.07 Å². The van der Waals surface area contributed by atoms with Gasteiger partial charge in [0.25, 0.3) is 5.56 Å². The monoisotopic (exact) mass is 569 g/mol. The summed E-state index contributed by atoms with van der Waals surface area (Å²) in [6.07, 6.45) is 1.69. The molecule has 1 aliphatic carbocycles. The van der Waals surface area contributed by atoms with Crippen molar-refractivity contribution >= 4 is 28.7 Å². The van der Waals surface area contributed by atoms with Crippen LogP contribution in [0.1, 0.15) is 51.4 Å². The van der Waals surface area contributed by atoms with Crippen molar-refractivity contribution in [3.63, 3.8) is 0 Å². The molecule has 10 heteroatoms. The Kier molecular flexibility index (Phi) is 7.34. The largest absolute Gasteiger partial charge is 0.342 e. The molecule has 2 aromatic heterocycles. The number of likely N-dealkylation sites (tertiary alicyclic amines) is 1. The fourth-order valence-electron chi connectivity index (χ4n) is 6.40. The minimum Gasteiger partial charge on any atom is -0.342 e. The SMILES string of the molecule is Cc1ccc2[nH]c(=O)c(C[C@@H](C#N)NC(=O)[C@@H]3[C@@H]4[C@H](CN3C(=O)[C@@H](Nc3nccc(C)n3)C(C)(C)C)C4(C)C)cc2c1. The number of rotatable bonds is 7. The lowest BCUT2D eigenvalue weighted by atomic mass is 9.85. The zero-order valence-electron chi connectivity index (χ0n) is 25.3. The zero-order valence-corrected chi connectivity index (χ0v) is 25.3. The van der Waals surface area contributed by atoms with Gasteiger partial charge >= 0.3 is 0 Å². The van der Waals surface area contributed by atoms with Crippen molar-refractivity contribution in [3.05, 3.63) is 63.7 Å². The first-order valence-electron chi connectivity index (χ1n) is 14.4. The van der Waals surface area contributed by atoms with Crippen molar-refractivity contribution < 1.29 is 9.59 Å². The van der Waals surface area contributed by atoms with Crippen LogP contribution in [0.25, 0.3) is 10.9 Å². The van der Waals surface area contributed by atoms with Gasteiger partial charge in [0.2, 0.25) is 17.8 Å². The normalized spacial score (nSPS) is 22.1. The van der Waals surface area contributed by atoms with Gasteiger partial charge in [-0.15, -0.1) is 0 Å². The minimum absolute atomic E-state index is 0.0244. The number of fused-ring (bicyclic) bond motifs is 2. The summed E-state index contributed by atoms with van der Waals surface area (Å²) >= 11 is 0. The second-order valence-electron chi connectivity index (χ2n) is 13.5. The number of aromatic nitrogens is 3. The van der Waals surface area contributed by atoms with E-state index in [-0.39, 0.29) is 41.0 Å². The summed E-state index contributed by atoms with van der Waals surface area (Å²) in [6, 6.07) is 9.11. The van der Waals surface area contributed by atoms with Crippen LogP contribution in [0.3, 0.4) is 0 Å². The van der Waals surface area contributed by atoms with Crippen molar-refractivity contribution in [1.29, 1.82) is 5.26 Å². The molecule has 5 atom stereocenters. The van der Waals surface area contributed by atoms with Crippen molar-refractivity contribution in [3.8, 4) is 6.07 Å². The molecule has 3 aromatic rings. The van der Waals surface area contributed by atoms with E-state index in [0.29, 0.717) is 23.6 Å². The summed E-state index contributed by atoms with van der Waals surface area (Å²) in [5.41, 5.74) is 2.06. The average molecular weight is 570 g/mol. The Balaban J connectivity index is 1.38. The number of amides is 2. The summed E-state index contributed by atoms with van der Waals surface area (Å²) < 4.78 is 0. The van der Waals surface area contributed by atoms with E-state index in [1.807, 2.05) is 52.8 Å². The van der Waals surface area contributed by atoms with Gasteiger partial charge in [0, 0.05) is 35.9 Å². The first-order chi connectivity index (χ1) is 19.7. The summed E-state index contributed by atoms with van der Waals surface area (Å²) in [7, 11) is 0. The molecule has 1 saturated heterocycles. The predicted molar refractivity (Wildman–Crippen MR) is 160 cm³/mol. The number of aromatic amines is 1. The van der Waals surface area contributed by atoms with Crippen LogP contribution >= 0.6 is 0 Å². The Morgan fingerprint density at radius 3 is 2.62 bits per heavy atom. The molecular weight excluding hydrogens is 530 g/mol. The van der Waals surface area contributed by atoms with Crippen LogP contribution in [0.15, 0.2) is 41.3 Å². The highest BCUT2D eigenvalue weighted by atomic mass is 16.2. The highest BCUT2D eigenvalue weighted by Gasteiger charge is 2.69. The van der Waals surface area contributed by atoms with E-state index in [9.17, 15) is 19.6 Å². The van der Waals surface area contributed by atoms with Gasteiger partial charge in [-0.3, -0.25) is 14.4 Å². The quantitative estimate of drug-likeness (QED) is 0.395. The maximum Gasteiger partial charge on any atom is 0.251 e. The van der Waals surface area contributed by atoms with Gasteiger partial charge in [-0.25, -0.2) is 9.97 Å². The van der Waals surface area contributed by atoms with Crippen LogP contribution in [0, 0.1) is 47.8 Å². The van der Waals surface area contributed by atoms with E-state index in [4.69, 9.17) is 0 Å². The third kappa shape index (κ3) is 5.48. The van der Waals surface area contributed by atoms with Gasteiger partial charge in [0.15, 0.2) is 0 Å². The van der Waals surface area contributed by atoms with Crippen LogP contribution in [0.5, 0.6) is 0 Å². The molecule has 3 N–H and O–H groups in total. The lowest BCUT2D eigenvalue weighted by molar-refractivity contribution is -0.142. The summed E-state index contributed by atoms with van der Waals surface area (Å²) in [6.45, 7) is 14.4. The third-order valence-corrected chi connectivity index (χ3v) is 8.91. The van der Waals surface area contributed by atoms with Crippen LogP contribution in [0.4, 0.5) is 5.95 Å². The number of hydrogen-bond acceptors (Lipinski definition) is 7. The van der Waals surface area contributed by atoms with Crippen molar-refractivity contribution in [2.45, 2.75) is 73.0 Å². The zero-order chi connectivity index (χ0) is 30.6. The number of nitrogens with zero attached hydrogens (tertiary/aromatic N) is 4. The standard InChI is InChI=1S/C32H39N7O3/c1-17-8-9-23-19(12-17)13-20(27(40)37-23)14-21(15-33)36-28(41)25-24-22(32(24,6)7)16-39(25)29(42)26(31(3,4)5)38-30-34-11-10-18(2)35-30/h8-13,21-22,24-26H,14,16H2,1-7H3,(H,36,41)(H,37,40)(H,34,35,38)/t21-,22-,24-,25-,26+/m0/s1. The molecule has 2 fully saturated rings. The van der Waals surface area contributed by atoms with E-state index in [1.165, 1.54) is 0 Å². The number of nitriles is 1. The Bertz CT molecular complexity index is 1650. The smallest absolute Gasteiger partial charge is 0.251 e. The lowest BCUT2D eigenvalue weighted by Gasteiger charge is -2.37. The van der Waals surface area contributed by atoms with Gasteiger partial charge in [0.1, 0.15) is 18.1 Å². The van der Waals surface area contributed by atoms with Crippen LogP contribution in [0.2, 0.25) is 0 Å².